The van der Waals surface area contributed by atoms with Crippen LogP contribution >= 0.6 is 11.3 Å². The molecule has 4 nitrogen and oxygen atoms in total. The number of aromatic nitrogens is 3. The summed E-state index contributed by atoms with van der Waals surface area (Å²) in [5.74, 6) is 0. The monoisotopic (exact) mass is 250 g/mol. The topological polar surface area (TPSA) is 42.7 Å². The first-order chi connectivity index (χ1) is 8.18. The molecule has 0 radical (unpaired) electrons. The standard InChI is InChI=1S/C12H18N4S/c1-9-11(10(2)16(3)15-9)8-13-5-4-12-14-6-7-17-12/h6-7,13H,4-5,8H2,1-3H3. The van der Waals surface area contributed by atoms with Gasteiger partial charge >= 0.3 is 0 Å². The average molecular weight is 250 g/mol. The molecule has 92 valence electrons. The molecule has 0 unspecified atom stereocenters. The smallest absolute Gasteiger partial charge is 0.0937 e. The van der Waals surface area contributed by atoms with Crippen molar-refractivity contribution < 1.29 is 0 Å². The van der Waals surface area contributed by atoms with Crippen molar-refractivity contribution in [2.24, 2.45) is 7.05 Å². The molecular weight excluding hydrogens is 232 g/mol. The molecule has 0 saturated carbocycles. The van der Waals surface area contributed by atoms with Crippen LogP contribution in [-0.2, 0) is 20.0 Å². The third-order valence-corrected chi connectivity index (χ3v) is 3.80. The first-order valence-corrected chi connectivity index (χ1v) is 6.64. The van der Waals surface area contributed by atoms with Gasteiger partial charge in [0, 0.05) is 49.4 Å². The number of nitrogens with one attached hydrogen (secondary N) is 1. The Kier molecular flexibility index (Phi) is 3.91. The van der Waals surface area contributed by atoms with Crippen molar-refractivity contribution in [3.8, 4) is 0 Å². The predicted molar refractivity (Wildman–Crippen MR) is 70.2 cm³/mol. The van der Waals surface area contributed by atoms with Crippen LogP contribution in [0.2, 0.25) is 0 Å². The SMILES string of the molecule is Cc1nn(C)c(C)c1CNCCc1nccs1. The van der Waals surface area contributed by atoms with Gasteiger partial charge in [-0.15, -0.1) is 11.3 Å². The Morgan fingerprint density at radius 3 is 2.82 bits per heavy atom. The lowest BCUT2D eigenvalue weighted by Crippen LogP contribution is -2.17. The molecule has 0 saturated heterocycles. The number of hydrogen-bond acceptors (Lipinski definition) is 4. The van der Waals surface area contributed by atoms with Crippen LogP contribution in [0.15, 0.2) is 11.6 Å². The van der Waals surface area contributed by atoms with E-state index in [0.717, 1.165) is 25.2 Å². The van der Waals surface area contributed by atoms with Gasteiger partial charge in [0.05, 0.1) is 10.7 Å². The van der Waals surface area contributed by atoms with Gasteiger partial charge in [-0.3, -0.25) is 4.68 Å². The normalized spacial score (nSPS) is 11.0. The van der Waals surface area contributed by atoms with E-state index in [-0.39, 0.29) is 0 Å². The van der Waals surface area contributed by atoms with Gasteiger partial charge in [-0.05, 0) is 13.8 Å². The molecule has 17 heavy (non-hydrogen) atoms. The van der Waals surface area contributed by atoms with Crippen LogP contribution in [0.5, 0.6) is 0 Å². The van der Waals surface area contributed by atoms with Crippen molar-refractivity contribution in [1.29, 1.82) is 0 Å². The van der Waals surface area contributed by atoms with Crippen LogP contribution in [0.1, 0.15) is 22.0 Å². The zero-order valence-corrected chi connectivity index (χ0v) is 11.3. The van der Waals surface area contributed by atoms with Gasteiger partial charge in [0.1, 0.15) is 0 Å². The molecule has 0 atom stereocenters. The Hall–Kier alpha value is -1.20. The van der Waals surface area contributed by atoms with Crippen molar-refractivity contribution in [2.45, 2.75) is 26.8 Å². The van der Waals surface area contributed by atoms with Gasteiger partial charge in [-0.1, -0.05) is 0 Å². The van der Waals surface area contributed by atoms with E-state index in [2.05, 4.69) is 29.2 Å². The number of nitrogens with zero attached hydrogens (tertiary/aromatic N) is 3. The number of thiazole rings is 1. The molecule has 0 amide bonds. The van der Waals surface area contributed by atoms with Gasteiger partial charge in [-0.25, -0.2) is 4.98 Å². The largest absolute Gasteiger partial charge is 0.312 e. The second-order valence-corrected chi connectivity index (χ2v) is 5.10. The maximum absolute atomic E-state index is 4.41. The van der Waals surface area contributed by atoms with Gasteiger partial charge in [0.25, 0.3) is 0 Å². The van der Waals surface area contributed by atoms with E-state index in [1.807, 2.05) is 23.3 Å². The molecular formula is C12H18N4S. The fourth-order valence-electron chi connectivity index (χ4n) is 1.86. The lowest BCUT2D eigenvalue weighted by atomic mass is 10.2. The van der Waals surface area contributed by atoms with Crippen LogP contribution in [0, 0.1) is 13.8 Å². The predicted octanol–water partition coefficient (Wildman–Crippen LogP) is 1.83. The highest BCUT2D eigenvalue weighted by Crippen LogP contribution is 2.11. The summed E-state index contributed by atoms with van der Waals surface area (Å²) < 4.78 is 1.94. The molecule has 2 rings (SSSR count). The second-order valence-electron chi connectivity index (χ2n) is 4.13. The minimum absolute atomic E-state index is 0.886. The highest BCUT2D eigenvalue weighted by Gasteiger charge is 2.08. The molecule has 0 aliphatic rings. The van der Waals surface area contributed by atoms with E-state index >= 15 is 0 Å². The van der Waals surface area contributed by atoms with Gasteiger partial charge in [-0.2, -0.15) is 5.10 Å². The third-order valence-electron chi connectivity index (χ3n) is 2.96. The molecule has 0 spiro atoms. The van der Waals surface area contributed by atoms with E-state index in [9.17, 15) is 0 Å². The molecule has 1 N–H and O–H groups in total. The van der Waals surface area contributed by atoms with Gasteiger partial charge in [0.2, 0.25) is 0 Å². The molecule has 0 aliphatic heterocycles. The molecule has 0 fully saturated rings. The lowest BCUT2D eigenvalue weighted by Gasteiger charge is -2.04. The summed E-state index contributed by atoms with van der Waals surface area (Å²) in [5, 5.41) is 11.1. The Balaban J connectivity index is 1.82. The van der Waals surface area contributed by atoms with Crippen LogP contribution in [0.3, 0.4) is 0 Å². The van der Waals surface area contributed by atoms with E-state index in [1.54, 1.807) is 11.3 Å². The van der Waals surface area contributed by atoms with Gasteiger partial charge in [0.15, 0.2) is 0 Å². The summed E-state index contributed by atoms with van der Waals surface area (Å²) in [6.45, 7) is 6.01. The van der Waals surface area contributed by atoms with Crippen molar-refractivity contribution in [2.75, 3.05) is 6.54 Å². The highest BCUT2D eigenvalue weighted by atomic mass is 32.1. The molecule has 0 aromatic carbocycles. The summed E-state index contributed by atoms with van der Waals surface area (Å²) in [7, 11) is 1.99. The summed E-state index contributed by atoms with van der Waals surface area (Å²) >= 11 is 1.71. The fraction of sp³-hybridized carbons (Fsp3) is 0.500. The average Bonchev–Trinajstić information content (AvgIpc) is 2.87. The summed E-state index contributed by atoms with van der Waals surface area (Å²) in [6.07, 6.45) is 2.85. The number of hydrogen-bond donors (Lipinski definition) is 1. The van der Waals surface area contributed by atoms with Crippen molar-refractivity contribution >= 4 is 11.3 Å². The van der Waals surface area contributed by atoms with Crippen LogP contribution < -0.4 is 5.32 Å². The van der Waals surface area contributed by atoms with Crippen molar-refractivity contribution in [1.82, 2.24) is 20.1 Å². The Labute approximate surface area is 106 Å². The van der Waals surface area contributed by atoms with Crippen molar-refractivity contribution in [3.05, 3.63) is 33.5 Å². The van der Waals surface area contributed by atoms with E-state index in [0.29, 0.717) is 0 Å². The lowest BCUT2D eigenvalue weighted by molar-refractivity contribution is 0.677. The highest BCUT2D eigenvalue weighted by molar-refractivity contribution is 7.09. The maximum atomic E-state index is 4.41. The maximum Gasteiger partial charge on any atom is 0.0937 e. The van der Waals surface area contributed by atoms with E-state index < -0.39 is 0 Å². The Morgan fingerprint density at radius 2 is 2.24 bits per heavy atom. The summed E-state index contributed by atoms with van der Waals surface area (Å²) in [5.41, 5.74) is 3.67. The Bertz CT molecular complexity index is 473. The summed E-state index contributed by atoms with van der Waals surface area (Å²) in [4.78, 5) is 4.26. The molecule has 0 bridgehead atoms. The third kappa shape index (κ3) is 2.92. The number of rotatable bonds is 5. The molecule has 0 aliphatic carbocycles. The first-order valence-electron chi connectivity index (χ1n) is 5.76. The zero-order valence-electron chi connectivity index (χ0n) is 10.5. The molecule has 2 heterocycles. The first kappa shape index (κ1) is 12.3. The van der Waals surface area contributed by atoms with Gasteiger partial charge < -0.3 is 5.32 Å². The summed E-state index contributed by atoms with van der Waals surface area (Å²) in [6, 6.07) is 0. The van der Waals surface area contributed by atoms with Crippen LogP contribution in [-0.4, -0.2) is 21.3 Å². The minimum Gasteiger partial charge on any atom is -0.312 e. The molecule has 2 aromatic heterocycles. The van der Waals surface area contributed by atoms with Crippen molar-refractivity contribution in [3.63, 3.8) is 0 Å². The zero-order chi connectivity index (χ0) is 12.3. The van der Waals surface area contributed by atoms with E-state index in [4.69, 9.17) is 0 Å². The quantitative estimate of drug-likeness (QED) is 0.823. The molecule has 5 heteroatoms. The second kappa shape index (κ2) is 5.42. The van der Waals surface area contributed by atoms with Crippen LogP contribution in [0.4, 0.5) is 0 Å². The molecule has 2 aromatic rings. The van der Waals surface area contributed by atoms with Crippen LogP contribution in [0.25, 0.3) is 0 Å². The Morgan fingerprint density at radius 1 is 1.41 bits per heavy atom. The minimum atomic E-state index is 0.886. The van der Waals surface area contributed by atoms with E-state index in [1.165, 1.54) is 16.3 Å². The fourth-order valence-corrected chi connectivity index (χ4v) is 2.48. The number of aryl methyl sites for hydroxylation is 2.